The molecule has 0 bridgehead atoms. The molecule has 0 saturated carbocycles. The van der Waals surface area contributed by atoms with Crippen molar-refractivity contribution in [3.63, 3.8) is 0 Å². The molecule has 27 heavy (non-hydrogen) atoms. The average molecular weight is 356 g/mol. The van der Waals surface area contributed by atoms with Gasteiger partial charge in [0.25, 0.3) is 0 Å². The van der Waals surface area contributed by atoms with Gasteiger partial charge in [0.05, 0.1) is 17.4 Å². The minimum absolute atomic E-state index is 0.303. The number of benzene rings is 3. The highest BCUT2D eigenvalue weighted by Crippen LogP contribution is 2.27. The van der Waals surface area contributed by atoms with E-state index < -0.39 is 0 Å². The summed E-state index contributed by atoms with van der Waals surface area (Å²) in [5.41, 5.74) is 7.32. The number of fused-ring (bicyclic) bond motifs is 1. The number of aromatic nitrogens is 2. The first kappa shape index (κ1) is 16.8. The van der Waals surface area contributed by atoms with Gasteiger partial charge in [0.1, 0.15) is 5.82 Å². The first-order valence-corrected chi connectivity index (χ1v) is 8.57. The minimum atomic E-state index is -0.303. The van der Waals surface area contributed by atoms with Crippen molar-refractivity contribution in [1.82, 2.24) is 9.97 Å². The number of rotatable bonds is 4. The number of aryl methyl sites for hydroxylation is 1. The van der Waals surface area contributed by atoms with Crippen molar-refractivity contribution >= 4 is 23.1 Å². The Kier molecular flexibility index (Phi) is 4.58. The maximum atomic E-state index is 13.3. The zero-order chi connectivity index (χ0) is 18.6. The molecule has 0 fully saturated rings. The number of nitrogens with zero attached hydrogens (tertiary/aromatic N) is 3. The zero-order valence-corrected chi connectivity index (χ0v) is 14.7. The fraction of sp³-hybridized carbons (Fsp3) is 0.0455. The highest BCUT2D eigenvalue weighted by atomic mass is 19.1. The standard InChI is InChI=1S/C22H17FN4/c1-15-10-11-19-20(12-15)25-22(26-21(19)17-7-3-2-4-8-17)27-24-14-16-6-5-9-18(23)13-16/h2-14H,1H3,(H,25,26,27)/b24-14+. The summed E-state index contributed by atoms with van der Waals surface area (Å²) in [7, 11) is 0. The largest absolute Gasteiger partial charge is 0.245 e. The molecule has 0 amide bonds. The highest BCUT2D eigenvalue weighted by molar-refractivity contribution is 5.93. The van der Waals surface area contributed by atoms with Crippen LogP contribution in [0, 0.1) is 12.7 Å². The fourth-order valence-electron chi connectivity index (χ4n) is 2.86. The van der Waals surface area contributed by atoms with Crippen LogP contribution < -0.4 is 5.43 Å². The molecule has 0 radical (unpaired) electrons. The van der Waals surface area contributed by atoms with Gasteiger partial charge in [-0.15, -0.1) is 0 Å². The maximum Gasteiger partial charge on any atom is 0.244 e. The van der Waals surface area contributed by atoms with Gasteiger partial charge >= 0.3 is 0 Å². The van der Waals surface area contributed by atoms with Crippen molar-refractivity contribution in [2.45, 2.75) is 6.92 Å². The molecular weight excluding hydrogens is 339 g/mol. The lowest BCUT2D eigenvalue weighted by Crippen LogP contribution is -2.00. The van der Waals surface area contributed by atoms with Crippen LogP contribution in [-0.2, 0) is 0 Å². The summed E-state index contributed by atoms with van der Waals surface area (Å²) < 4.78 is 13.3. The number of anilines is 1. The second-order valence-electron chi connectivity index (χ2n) is 6.21. The molecule has 0 aliphatic heterocycles. The van der Waals surface area contributed by atoms with Gasteiger partial charge in [0.2, 0.25) is 5.95 Å². The van der Waals surface area contributed by atoms with Gasteiger partial charge in [0.15, 0.2) is 0 Å². The summed E-state index contributed by atoms with van der Waals surface area (Å²) >= 11 is 0. The molecule has 0 saturated heterocycles. The molecule has 5 heteroatoms. The maximum absolute atomic E-state index is 13.3. The molecule has 4 nitrogen and oxygen atoms in total. The topological polar surface area (TPSA) is 50.2 Å². The zero-order valence-electron chi connectivity index (χ0n) is 14.7. The number of halogens is 1. The third-order valence-corrected chi connectivity index (χ3v) is 4.13. The van der Waals surface area contributed by atoms with E-state index >= 15 is 0 Å². The fourth-order valence-corrected chi connectivity index (χ4v) is 2.86. The Balaban J connectivity index is 1.72. The molecule has 0 spiro atoms. The molecule has 1 heterocycles. The molecule has 0 unspecified atom stereocenters. The number of hydrazone groups is 1. The summed E-state index contributed by atoms with van der Waals surface area (Å²) in [5, 5.41) is 5.13. The van der Waals surface area contributed by atoms with Crippen LogP contribution in [0.4, 0.5) is 10.3 Å². The molecule has 0 aliphatic carbocycles. The van der Waals surface area contributed by atoms with E-state index in [1.165, 1.54) is 18.3 Å². The third kappa shape index (κ3) is 3.82. The van der Waals surface area contributed by atoms with E-state index in [9.17, 15) is 4.39 Å². The lowest BCUT2D eigenvalue weighted by Gasteiger charge is -2.09. The number of hydrogen-bond acceptors (Lipinski definition) is 4. The lowest BCUT2D eigenvalue weighted by atomic mass is 10.1. The Morgan fingerprint density at radius 3 is 2.59 bits per heavy atom. The van der Waals surface area contributed by atoms with Gasteiger partial charge < -0.3 is 0 Å². The monoisotopic (exact) mass is 356 g/mol. The van der Waals surface area contributed by atoms with Crippen molar-refractivity contribution in [2.24, 2.45) is 5.10 Å². The number of hydrogen-bond donors (Lipinski definition) is 1. The van der Waals surface area contributed by atoms with E-state index in [0.717, 1.165) is 27.7 Å². The number of nitrogens with one attached hydrogen (secondary N) is 1. The summed E-state index contributed by atoms with van der Waals surface area (Å²) in [6.45, 7) is 2.03. The molecule has 1 N–H and O–H groups in total. The minimum Gasteiger partial charge on any atom is -0.245 e. The highest BCUT2D eigenvalue weighted by Gasteiger charge is 2.09. The Morgan fingerprint density at radius 1 is 0.926 bits per heavy atom. The van der Waals surface area contributed by atoms with E-state index in [2.05, 4.69) is 20.5 Å². The van der Waals surface area contributed by atoms with Crippen LogP contribution in [0.1, 0.15) is 11.1 Å². The molecular formula is C22H17FN4. The third-order valence-electron chi connectivity index (χ3n) is 4.13. The predicted octanol–water partition coefficient (Wildman–Crippen LogP) is 5.19. The van der Waals surface area contributed by atoms with E-state index in [1.807, 2.05) is 55.5 Å². The van der Waals surface area contributed by atoms with Gasteiger partial charge in [-0.1, -0.05) is 54.6 Å². The summed E-state index contributed by atoms with van der Waals surface area (Å²) in [4.78, 5) is 9.20. The molecule has 4 aromatic rings. The lowest BCUT2D eigenvalue weighted by molar-refractivity contribution is 0.627. The predicted molar refractivity (Wildman–Crippen MR) is 107 cm³/mol. The van der Waals surface area contributed by atoms with E-state index in [0.29, 0.717) is 11.5 Å². The van der Waals surface area contributed by atoms with Gasteiger partial charge in [-0.05, 0) is 36.2 Å². The molecule has 0 aliphatic rings. The summed E-state index contributed by atoms with van der Waals surface area (Å²) in [5.74, 6) is 0.0855. The van der Waals surface area contributed by atoms with Crippen molar-refractivity contribution < 1.29 is 4.39 Å². The second kappa shape index (κ2) is 7.33. The summed E-state index contributed by atoms with van der Waals surface area (Å²) in [6, 6.07) is 22.3. The summed E-state index contributed by atoms with van der Waals surface area (Å²) in [6.07, 6.45) is 1.54. The molecule has 1 aromatic heterocycles. The van der Waals surface area contributed by atoms with Gasteiger partial charge in [0, 0.05) is 10.9 Å². The normalized spacial score (nSPS) is 11.2. The first-order chi connectivity index (χ1) is 13.2. The first-order valence-electron chi connectivity index (χ1n) is 8.57. The van der Waals surface area contributed by atoms with Crippen LogP contribution in [0.3, 0.4) is 0 Å². The Bertz CT molecular complexity index is 1120. The smallest absolute Gasteiger partial charge is 0.244 e. The van der Waals surface area contributed by atoms with Crippen LogP contribution in [0.25, 0.3) is 22.2 Å². The van der Waals surface area contributed by atoms with Crippen LogP contribution >= 0.6 is 0 Å². The van der Waals surface area contributed by atoms with Gasteiger partial charge in [-0.3, -0.25) is 0 Å². The SMILES string of the molecule is Cc1ccc2c(-c3ccccc3)nc(N/N=C/c3cccc(F)c3)nc2c1. The van der Waals surface area contributed by atoms with Gasteiger partial charge in [-0.2, -0.15) is 5.10 Å². The van der Waals surface area contributed by atoms with E-state index in [1.54, 1.807) is 12.1 Å². The van der Waals surface area contributed by atoms with Crippen LogP contribution in [-0.4, -0.2) is 16.2 Å². The Hall–Kier alpha value is -3.60. The molecule has 0 atom stereocenters. The van der Waals surface area contributed by atoms with Crippen molar-refractivity contribution in [3.05, 3.63) is 89.7 Å². The quantitative estimate of drug-likeness (QED) is 0.404. The van der Waals surface area contributed by atoms with E-state index in [4.69, 9.17) is 0 Å². The van der Waals surface area contributed by atoms with Crippen LogP contribution in [0.15, 0.2) is 77.9 Å². The van der Waals surface area contributed by atoms with Crippen molar-refractivity contribution in [2.75, 3.05) is 5.43 Å². The molecule has 4 rings (SSSR count). The van der Waals surface area contributed by atoms with Crippen LogP contribution in [0.5, 0.6) is 0 Å². The Morgan fingerprint density at radius 2 is 1.78 bits per heavy atom. The molecule has 132 valence electrons. The van der Waals surface area contributed by atoms with Crippen molar-refractivity contribution in [3.8, 4) is 11.3 Å². The Labute approximate surface area is 156 Å². The van der Waals surface area contributed by atoms with Gasteiger partial charge in [-0.25, -0.2) is 19.8 Å². The van der Waals surface area contributed by atoms with Crippen molar-refractivity contribution in [1.29, 1.82) is 0 Å². The van der Waals surface area contributed by atoms with E-state index in [-0.39, 0.29) is 5.82 Å². The average Bonchev–Trinajstić information content (AvgIpc) is 2.68. The second-order valence-corrected chi connectivity index (χ2v) is 6.21. The van der Waals surface area contributed by atoms with Crippen LogP contribution in [0.2, 0.25) is 0 Å². The molecule has 3 aromatic carbocycles.